The minimum atomic E-state index is -0.660. The Labute approximate surface area is 124 Å². The highest BCUT2D eigenvalue weighted by Gasteiger charge is 2.16. The third-order valence-corrected chi connectivity index (χ3v) is 3.29. The van der Waals surface area contributed by atoms with Gasteiger partial charge in [-0.2, -0.15) is 0 Å². The van der Waals surface area contributed by atoms with Gasteiger partial charge < -0.3 is 20.4 Å². The Morgan fingerprint density at radius 3 is 2.81 bits per heavy atom. The maximum atomic E-state index is 11.8. The molecule has 0 radical (unpaired) electrons. The number of carbonyl (C=O) groups is 1. The van der Waals surface area contributed by atoms with Crippen molar-refractivity contribution in [3.05, 3.63) is 30.1 Å². The van der Waals surface area contributed by atoms with Crippen molar-refractivity contribution in [2.24, 2.45) is 5.73 Å². The van der Waals surface area contributed by atoms with Crippen LogP contribution in [-0.2, 0) is 16.1 Å². The number of nitrogens with one attached hydrogen (secondary N) is 1. The lowest BCUT2D eigenvalue weighted by atomic mass is 10.3. The van der Waals surface area contributed by atoms with E-state index in [1.54, 1.807) is 0 Å². The molecule has 0 saturated carbocycles. The Hall–Kier alpha value is -1.92. The number of methoxy groups -OCH3 is 1. The van der Waals surface area contributed by atoms with Gasteiger partial charge >= 0.3 is 0 Å². The van der Waals surface area contributed by atoms with Gasteiger partial charge in [0, 0.05) is 13.2 Å². The number of para-hydroxylation sites is 2. The molecular weight excluding hydrogens is 268 g/mol. The molecule has 0 spiro atoms. The van der Waals surface area contributed by atoms with Crippen molar-refractivity contribution < 1.29 is 9.53 Å². The monoisotopic (exact) mass is 290 g/mol. The van der Waals surface area contributed by atoms with Gasteiger partial charge in [-0.3, -0.25) is 4.79 Å². The van der Waals surface area contributed by atoms with Gasteiger partial charge in [0.15, 0.2) is 0 Å². The van der Waals surface area contributed by atoms with E-state index in [2.05, 4.69) is 28.7 Å². The van der Waals surface area contributed by atoms with E-state index in [0.717, 1.165) is 16.9 Å². The van der Waals surface area contributed by atoms with Crippen molar-refractivity contribution in [3.8, 4) is 0 Å². The molecule has 0 aliphatic rings. The number of hydrogen-bond donors (Lipinski definition) is 2. The smallest absolute Gasteiger partial charge is 0.239 e. The van der Waals surface area contributed by atoms with Crippen molar-refractivity contribution in [1.82, 2.24) is 14.9 Å². The van der Waals surface area contributed by atoms with Crippen molar-refractivity contribution >= 4 is 16.9 Å². The number of imidazole rings is 1. The molecule has 0 saturated heterocycles. The number of rotatable bonds is 6. The average molecular weight is 290 g/mol. The summed E-state index contributed by atoms with van der Waals surface area (Å²) < 4.78 is 7.00. The molecule has 0 aliphatic heterocycles. The normalized spacial score (nSPS) is 12.8. The molecule has 2 rings (SSSR count). The first-order valence-electron chi connectivity index (χ1n) is 7.02. The minimum absolute atomic E-state index is 0.201. The van der Waals surface area contributed by atoms with Crippen LogP contribution in [0.3, 0.4) is 0 Å². The van der Waals surface area contributed by atoms with E-state index in [0.29, 0.717) is 6.54 Å². The summed E-state index contributed by atoms with van der Waals surface area (Å²) in [6, 6.07) is 7.54. The molecule has 1 amide bonds. The molecule has 1 heterocycles. The zero-order valence-corrected chi connectivity index (χ0v) is 12.7. The average Bonchev–Trinajstić information content (AvgIpc) is 2.83. The second kappa shape index (κ2) is 6.69. The zero-order chi connectivity index (χ0) is 15.4. The fraction of sp³-hybridized carbons (Fsp3) is 0.467. The van der Waals surface area contributed by atoms with Crippen LogP contribution in [0.1, 0.15) is 25.7 Å². The molecule has 114 valence electrons. The Bertz CT molecular complexity index is 621. The Balaban J connectivity index is 2.18. The summed E-state index contributed by atoms with van der Waals surface area (Å²) in [4.78, 5) is 16.4. The number of fused-ring (bicyclic) bond motifs is 1. The second-order valence-electron chi connectivity index (χ2n) is 5.26. The SMILES string of the molecule is COCC(N)C(=O)NCc1nc2ccccc2n1C(C)C. The van der Waals surface area contributed by atoms with Gasteiger partial charge in [0.2, 0.25) is 5.91 Å². The number of nitrogens with zero attached hydrogens (tertiary/aromatic N) is 2. The van der Waals surface area contributed by atoms with Crippen LogP contribution in [0, 0.1) is 0 Å². The van der Waals surface area contributed by atoms with Gasteiger partial charge in [-0.15, -0.1) is 0 Å². The summed E-state index contributed by atoms with van der Waals surface area (Å²) in [6.07, 6.45) is 0. The quantitative estimate of drug-likeness (QED) is 0.837. The van der Waals surface area contributed by atoms with E-state index >= 15 is 0 Å². The van der Waals surface area contributed by atoms with Crippen LogP contribution < -0.4 is 11.1 Å². The van der Waals surface area contributed by atoms with E-state index in [9.17, 15) is 4.79 Å². The fourth-order valence-electron chi connectivity index (χ4n) is 2.35. The molecule has 0 aliphatic carbocycles. The first-order chi connectivity index (χ1) is 10.0. The first-order valence-corrected chi connectivity index (χ1v) is 7.02. The molecule has 3 N–H and O–H groups in total. The van der Waals surface area contributed by atoms with Gasteiger partial charge in [0.25, 0.3) is 0 Å². The second-order valence-corrected chi connectivity index (χ2v) is 5.26. The topological polar surface area (TPSA) is 82.2 Å². The number of ether oxygens (including phenoxy) is 1. The molecule has 2 aromatic rings. The summed E-state index contributed by atoms with van der Waals surface area (Å²) in [5, 5.41) is 2.81. The Kier molecular flexibility index (Phi) is 4.93. The first kappa shape index (κ1) is 15.5. The van der Waals surface area contributed by atoms with Gasteiger partial charge in [0.1, 0.15) is 11.9 Å². The van der Waals surface area contributed by atoms with E-state index < -0.39 is 6.04 Å². The van der Waals surface area contributed by atoms with Crippen LogP contribution in [-0.4, -0.2) is 35.2 Å². The number of carbonyl (C=O) groups excluding carboxylic acids is 1. The van der Waals surface area contributed by atoms with Crippen molar-refractivity contribution in [2.45, 2.75) is 32.5 Å². The van der Waals surface area contributed by atoms with Crippen LogP contribution in [0.4, 0.5) is 0 Å². The summed E-state index contributed by atoms with van der Waals surface area (Å²) >= 11 is 0. The zero-order valence-electron chi connectivity index (χ0n) is 12.7. The fourth-order valence-corrected chi connectivity index (χ4v) is 2.35. The Morgan fingerprint density at radius 2 is 2.14 bits per heavy atom. The maximum Gasteiger partial charge on any atom is 0.239 e. The maximum absolute atomic E-state index is 11.8. The molecule has 1 unspecified atom stereocenters. The molecule has 1 aromatic carbocycles. The van der Waals surface area contributed by atoms with Crippen molar-refractivity contribution in [3.63, 3.8) is 0 Å². The van der Waals surface area contributed by atoms with Crippen LogP contribution in [0.2, 0.25) is 0 Å². The predicted octanol–water partition coefficient (Wildman–Crippen LogP) is 1.21. The van der Waals surface area contributed by atoms with E-state index in [4.69, 9.17) is 10.5 Å². The number of amides is 1. The van der Waals surface area contributed by atoms with Gasteiger partial charge in [-0.05, 0) is 26.0 Å². The van der Waals surface area contributed by atoms with Crippen LogP contribution in [0.25, 0.3) is 11.0 Å². The molecule has 1 aromatic heterocycles. The third kappa shape index (κ3) is 3.40. The molecule has 0 bridgehead atoms. The van der Waals surface area contributed by atoms with E-state index in [1.807, 2.05) is 24.3 Å². The largest absolute Gasteiger partial charge is 0.383 e. The van der Waals surface area contributed by atoms with Crippen LogP contribution >= 0.6 is 0 Å². The molecular formula is C15H22N4O2. The molecule has 21 heavy (non-hydrogen) atoms. The standard InChI is InChI=1S/C15H22N4O2/c1-10(2)19-13-7-5-4-6-12(13)18-14(19)8-17-15(20)11(16)9-21-3/h4-7,10-11H,8-9,16H2,1-3H3,(H,17,20). The lowest BCUT2D eigenvalue weighted by Gasteiger charge is -2.15. The highest BCUT2D eigenvalue weighted by molar-refractivity contribution is 5.81. The number of benzene rings is 1. The molecule has 6 nitrogen and oxygen atoms in total. The summed E-state index contributed by atoms with van der Waals surface area (Å²) in [7, 11) is 1.52. The summed E-state index contributed by atoms with van der Waals surface area (Å²) in [6.45, 7) is 4.74. The summed E-state index contributed by atoms with van der Waals surface area (Å²) in [5.41, 5.74) is 7.70. The summed E-state index contributed by atoms with van der Waals surface area (Å²) in [5.74, 6) is 0.586. The van der Waals surface area contributed by atoms with Gasteiger partial charge in [-0.25, -0.2) is 4.98 Å². The number of aromatic nitrogens is 2. The van der Waals surface area contributed by atoms with Crippen LogP contribution in [0.15, 0.2) is 24.3 Å². The molecule has 1 atom stereocenters. The lowest BCUT2D eigenvalue weighted by Crippen LogP contribution is -2.43. The highest BCUT2D eigenvalue weighted by Crippen LogP contribution is 2.20. The molecule has 0 fully saturated rings. The minimum Gasteiger partial charge on any atom is -0.383 e. The van der Waals surface area contributed by atoms with E-state index in [1.165, 1.54) is 7.11 Å². The highest BCUT2D eigenvalue weighted by atomic mass is 16.5. The Morgan fingerprint density at radius 1 is 1.43 bits per heavy atom. The van der Waals surface area contributed by atoms with Crippen molar-refractivity contribution in [1.29, 1.82) is 0 Å². The molecule has 6 heteroatoms. The third-order valence-electron chi connectivity index (χ3n) is 3.29. The lowest BCUT2D eigenvalue weighted by molar-refractivity contribution is -0.123. The predicted molar refractivity (Wildman–Crippen MR) is 81.8 cm³/mol. The number of hydrogen-bond acceptors (Lipinski definition) is 4. The van der Waals surface area contributed by atoms with Crippen molar-refractivity contribution in [2.75, 3.05) is 13.7 Å². The van der Waals surface area contributed by atoms with E-state index in [-0.39, 0.29) is 18.6 Å². The number of nitrogens with two attached hydrogens (primary N) is 1. The van der Waals surface area contributed by atoms with Crippen LogP contribution in [0.5, 0.6) is 0 Å². The van der Waals surface area contributed by atoms with Gasteiger partial charge in [0.05, 0.1) is 24.2 Å². The van der Waals surface area contributed by atoms with Gasteiger partial charge in [-0.1, -0.05) is 12.1 Å².